The molecule has 0 fully saturated rings. The number of phenolic OH excluding ortho intramolecular Hbond substituents is 2. The molecule has 2 aromatic rings. The molecule has 11 nitrogen and oxygen atoms in total. The highest BCUT2D eigenvalue weighted by Gasteiger charge is 2.37. The van der Waals surface area contributed by atoms with Gasteiger partial charge >= 0.3 is 17.9 Å². The van der Waals surface area contributed by atoms with Crippen LogP contribution in [0.3, 0.4) is 0 Å². The Bertz CT molecular complexity index is 1080. The second-order valence-electron chi connectivity index (χ2n) is 6.07. The summed E-state index contributed by atoms with van der Waals surface area (Å²) < 4.78 is 4.69. The van der Waals surface area contributed by atoms with E-state index in [9.17, 15) is 29.1 Å². The largest absolute Gasteiger partial charge is 0.508 e. The zero-order valence-corrected chi connectivity index (χ0v) is 16.1. The van der Waals surface area contributed by atoms with Crippen LogP contribution in [-0.2, 0) is 9.53 Å². The molecule has 0 radical (unpaired) electrons. The summed E-state index contributed by atoms with van der Waals surface area (Å²) in [6, 6.07) is 6.94. The summed E-state index contributed by atoms with van der Waals surface area (Å²) in [4.78, 5) is 56.9. The Balaban J connectivity index is 0.000000233. The number of amides is 2. The summed E-state index contributed by atoms with van der Waals surface area (Å²) in [6.45, 7) is 1.40. The third kappa shape index (κ3) is 5.15. The smallest absolute Gasteiger partial charge is 0.336 e. The van der Waals surface area contributed by atoms with Gasteiger partial charge in [-0.3, -0.25) is 19.3 Å². The number of carbonyl (C=O) groups is 5. The highest BCUT2D eigenvalue weighted by Crippen LogP contribution is 2.26. The number of fused-ring (bicyclic) bond motifs is 1. The molecule has 2 amide bonds. The minimum Gasteiger partial charge on any atom is -0.508 e. The van der Waals surface area contributed by atoms with Crippen LogP contribution in [0.4, 0.5) is 0 Å². The van der Waals surface area contributed by atoms with Crippen LogP contribution in [0.25, 0.3) is 0 Å². The van der Waals surface area contributed by atoms with Crippen molar-refractivity contribution in [3.63, 3.8) is 0 Å². The fourth-order valence-corrected chi connectivity index (χ4v) is 2.65. The lowest BCUT2D eigenvalue weighted by Gasteiger charge is -2.12. The predicted octanol–water partition coefficient (Wildman–Crippen LogP) is 1.34. The van der Waals surface area contributed by atoms with Crippen LogP contribution in [0, 0.1) is 0 Å². The molecule has 0 atom stereocenters. The van der Waals surface area contributed by atoms with Gasteiger partial charge in [-0.1, -0.05) is 0 Å². The number of phenols is 2. The zero-order chi connectivity index (χ0) is 23.3. The normalized spacial score (nSPS) is 12.0. The van der Waals surface area contributed by atoms with Crippen molar-refractivity contribution in [2.45, 2.75) is 6.92 Å². The van der Waals surface area contributed by atoms with Crippen molar-refractivity contribution in [1.82, 2.24) is 4.90 Å². The third-order valence-electron chi connectivity index (χ3n) is 4.01. The summed E-state index contributed by atoms with van der Waals surface area (Å²) in [5, 5.41) is 35.3. The number of nitrogens with zero attached hydrogens (tertiary/aromatic N) is 1. The molecule has 0 bridgehead atoms. The van der Waals surface area contributed by atoms with Crippen LogP contribution < -0.4 is 0 Å². The van der Waals surface area contributed by atoms with Crippen LogP contribution >= 0.6 is 0 Å². The van der Waals surface area contributed by atoms with Crippen molar-refractivity contribution in [3.8, 4) is 11.5 Å². The number of aromatic hydroxyl groups is 2. The highest BCUT2D eigenvalue weighted by atomic mass is 16.5. The average molecular weight is 431 g/mol. The number of carbonyl (C=O) groups excluding carboxylic acids is 3. The van der Waals surface area contributed by atoms with Crippen molar-refractivity contribution >= 4 is 29.7 Å². The van der Waals surface area contributed by atoms with E-state index in [0.717, 1.165) is 23.1 Å². The molecule has 162 valence electrons. The van der Waals surface area contributed by atoms with Crippen LogP contribution in [0.2, 0.25) is 0 Å². The molecule has 1 heterocycles. The lowest BCUT2D eigenvalue weighted by Crippen LogP contribution is -2.35. The number of rotatable bonds is 5. The molecule has 1 aliphatic rings. The van der Waals surface area contributed by atoms with Gasteiger partial charge < -0.3 is 25.2 Å². The molecule has 11 heteroatoms. The first-order valence-corrected chi connectivity index (χ1v) is 8.71. The Morgan fingerprint density at radius 2 is 1.39 bits per heavy atom. The van der Waals surface area contributed by atoms with Crippen LogP contribution in [0.1, 0.15) is 48.4 Å². The van der Waals surface area contributed by atoms with Gasteiger partial charge in [-0.05, 0) is 43.3 Å². The van der Waals surface area contributed by atoms with Crippen LogP contribution in [0.15, 0.2) is 36.4 Å². The Morgan fingerprint density at radius 3 is 1.97 bits per heavy atom. The molecular weight excluding hydrogens is 414 g/mol. The van der Waals surface area contributed by atoms with Crippen molar-refractivity contribution in [1.29, 1.82) is 0 Å². The molecule has 0 spiro atoms. The maximum atomic E-state index is 11.9. The van der Waals surface area contributed by atoms with E-state index in [1.807, 2.05) is 0 Å². The van der Waals surface area contributed by atoms with Gasteiger partial charge in [0.15, 0.2) is 0 Å². The van der Waals surface area contributed by atoms with E-state index < -0.39 is 41.8 Å². The van der Waals surface area contributed by atoms with Crippen molar-refractivity contribution in [3.05, 3.63) is 58.7 Å². The summed E-state index contributed by atoms with van der Waals surface area (Å²) in [7, 11) is 0. The first kappa shape index (κ1) is 22.9. The maximum Gasteiger partial charge on any atom is 0.336 e. The number of esters is 1. The Kier molecular flexibility index (Phi) is 6.93. The number of carboxylic acids is 2. The quantitative estimate of drug-likeness (QED) is 0.399. The summed E-state index contributed by atoms with van der Waals surface area (Å²) in [5.74, 6) is -4.89. The molecule has 3 rings (SSSR count). The molecular formula is C20H17NO10. The molecule has 0 saturated carbocycles. The number of ether oxygens (including phenoxy) is 1. The molecule has 0 unspecified atom stereocenters. The number of hydrogen-bond acceptors (Lipinski definition) is 8. The lowest BCUT2D eigenvalue weighted by molar-refractivity contribution is -0.143. The van der Waals surface area contributed by atoms with Crippen molar-refractivity contribution in [2.24, 2.45) is 0 Å². The van der Waals surface area contributed by atoms with Crippen molar-refractivity contribution in [2.75, 3.05) is 13.2 Å². The van der Waals surface area contributed by atoms with Gasteiger partial charge in [0, 0.05) is 0 Å². The van der Waals surface area contributed by atoms with E-state index in [-0.39, 0.29) is 34.8 Å². The zero-order valence-electron chi connectivity index (χ0n) is 16.1. The molecule has 4 N–H and O–H groups in total. The van der Waals surface area contributed by atoms with Crippen molar-refractivity contribution < 1.29 is 49.1 Å². The van der Waals surface area contributed by atoms with E-state index in [2.05, 4.69) is 4.74 Å². The van der Waals surface area contributed by atoms with Gasteiger partial charge in [-0.15, -0.1) is 0 Å². The maximum absolute atomic E-state index is 11.9. The van der Waals surface area contributed by atoms with Gasteiger partial charge in [0.05, 0.1) is 28.9 Å². The molecule has 2 aromatic carbocycles. The number of benzene rings is 2. The number of hydrogen-bond donors (Lipinski definition) is 4. The standard InChI is InChI=1S/C12H11NO5.C8H6O5/c1-2-18-10(15)6-13-11(16)8-4-3-7(14)5-9(8)12(13)17;9-4-1-2-5(7(10)11)6(3-4)8(12)13/h3-5,14H,2,6H2,1H3;1-3,9H,(H,10,11)(H,12,13). The monoisotopic (exact) mass is 431 g/mol. The highest BCUT2D eigenvalue weighted by molar-refractivity contribution is 6.22. The minimum atomic E-state index is -1.38. The molecule has 0 aromatic heterocycles. The Labute approximate surface area is 174 Å². The van der Waals surface area contributed by atoms with E-state index in [0.29, 0.717) is 0 Å². The van der Waals surface area contributed by atoms with E-state index in [4.69, 9.17) is 15.3 Å². The van der Waals surface area contributed by atoms with Gasteiger partial charge in [-0.2, -0.15) is 0 Å². The van der Waals surface area contributed by atoms with E-state index >= 15 is 0 Å². The van der Waals surface area contributed by atoms with Crippen LogP contribution in [0.5, 0.6) is 11.5 Å². The number of imide groups is 1. The third-order valence-corrected chi connectivity index (χ3v) is 4.01. The molecule has 31 heavy (non-hydrogen) atoms. The average Bonchev–Trinajstić information content (AvgIpc) is 2.92. The fourth-order valence-electron chi connectivity index (χ4n) is 2.65. The van der Waals surface area contributed by atoms with E-state index in [1.165, 1.54) is 18.2 Å². The Morgan fingerprint density at radius 1 is 0.839 bits per heavy atom. The topological polar surface area (TPSA) is 179 Å². The van der Waals surface area contributed by atoms with Gasteiger partial charge in [0.2, 0.25) is 0 Å². The molecule has 0 saturated heterocycles. The van der Waals surface area contributed by atoms with E-state index in [1.54, 1.807) is 6.92 Å². The van der Waals surface area contributed by atoms with Crippen LogP contribution in [-0.4, -0.2) is 68.2 Å². The number of carboxylic acid groups (broad SMARTS) is 2. The van der Waals surface area contributed by atoms with Gasteiger partial charge in [0.25, 0.3) is 11.8 Å². The number of aromatic carboxylic acids is 2. The summed E-state index contributed by atoms with van der Waals surface area (Å²) in [5.41, 5.74) is -0.482. The van der Waals surface area contributed by atoms with Gasteiger partial charge in [0.1, 0.15) is 18.0 Å². The second-order valence-corrected chi connectivity index (χ2v) is 6.07. The molecule has 0 aliphatic carbocycles. The second kappa shape index (κ2) is 9.39. The fraction of sp³-hybridized carbons (Fsp3) is 0.150. The molecule has 1 aliphatic heterocycles. The van der Waals surface area contributed by atoms with Gasteiger partial charge in [-0.25, -0.2) is 9.59 Å². The summed E-state index contributed by atoms with van der Waals surface area (Å²) in [6.07, 6.45) is 0. The summed E-state index contributed by atoms with van der Waals surface area (Å²) >= 11 is 0. The predicted molar refractivity (Wildman–Crippen MR) is 102 cm³/mol. The minimum absolute atomic E-state index is 0.101. The Hall–Kier alpha value is -4.41. The first-order chi connectivity index (χ1) is 14.6. The first-order valence-electron chi connectivity index (χ1n) is 8.71. The lowest BCUT2D eigenvalue weighted by atomic mass is 10.1. The SMILES string of the molecule is CCOC(=O)CN1C(=O)c2ccc(O)cc2C1=O.O=C(O)c1ccc(O)cc1C(=O)O.